The molecule has 0 amide bonds. The van der Waals surface area contributed by atoms with Gasteiger partial charge in [0.15, 0.2) is 6.23 Å². The van der Waals surface area contributed by atoms with Crippen molar-refractivity contribution in [1.29, 1.82) is 0 Å². The minimum Gasteiger partial charge on any atom is -0.463 e. The van der Waals surface area contributed by atoms with Gasteiger partial charge in [-0.2, -0.15) is 0 Å². The molecule has 100 valence electrons. The van der Waals surface area contributed by atoms with Crippen molar-refractivity contribution in [2.75, 3.05) is 13.7 Å². The number of ether oxygens (including phenoxy) is 2. The monoisotopic (exact) mass is 259 g/mol. The van der Waals surface area contributed by atoms with Gasteiger partial charge < -0.3 is 24.8 Å². The SMILES string of the molecule is COC(=O)c1ncn([C@@H]2O[C@H](CO)[C@H](O)[C@@H]2O)n1. The largest absolute Gasteiger partial charge is 0.463 e. The standard InChI is InChI=1S/C9H13N3O6/c1-17-9(16)7-10-3-12(11-7)8-6(15)5(14)4(2-13)18-8/h3-6,8,13-15H,2H2,1H3/t4-,5+,6+,8-/m1/s1. The van der Waals surface area contributed by atoms with Crippen LogP contribution in [0.15, 0.2) is 6.33 Å². The Hall–Kier alpha value is -1.55. The zero-order chi connectivity index (χ0) is 13.3. The molecule has 0 radical (unpaired) electrons. The lowest BCUT2D eigenvalue weighted by molar-refractivity contribution is -0.0589. The molecule has 1 saturated heterocycles. The summed E-state index contributed by atoms with van der Waals surface area (Å²) < 4.78 is 10.7. The smallest absolute Gasteiger partial charge is 0.377 e. The van der Waals surface area contributed by atoms with Crippen LogP contribution in [0.5, 0.6) is 0 Å². The van der Waals surface area contributed by atoms with Crippen molar-refractivity contribution in [3.8, 4) is 0 Å². The van der Waals surface area contributed by atoms with Crippen LogP contribution in [0, 0.1) is 0 Å². The number of carbonyl (C=O) groups excluding carboxylic acids is 1. The average molecular weight is 259 g/mol. The number of rotatable bonds is 3. The summed E-state index contributed by atoms with van der Waals surface area (Å²) >= 11 is 0. The first kappa shape index (κ1) is 12.9. The molecule has 1 aliphatic heterocycles. The Bertz CT molecular complexity index is 436. The van der Waals surface area contributed by atoms with Gasteiger partial charge in [-0.05, 0) is 0 Å². The van der Waals surface area contributed by atoms with Gasteiger partial charge in [0.1, 0.15) is 24.6 Å². The lowest BCUT2D eigenvalue weighted by Crippen LogP contribution is -2.33. The third kappa shape index (κ3) is 2.08. The summed E-state index contributed by atoms with van der Waals surface area (Å²) in [6.07, 6.45) is -3.24. The number of aliphatic hydroxyl groups is 3. The topological polar surface area (TPSA) is 127 Å². The highest BCUT2D eigenvalue weighted by molar-refractivity contribution is 5.84. The molecular weight excluding hydrogens is 246 g/mol. The molecule has 1 aromatic rings. The van der Waals surface area contributed by atoms with Gasteiger partial charge in [-0.3, -0.25) is 0 Å². The predicted molar refractivity (Wildman–Crippen MR) is 54.4 cm³/mol. The Labute approximate surface area is 102 Å². The van der Waals surface area contributed by atoms with Crippen LogP contribution in [0.2, 0.25) is 0 Å². The van der Waals surface area contributed by atoms with Gasteiger partial charge in [0.05, 0.1) is 13.7 Å². The van der Waals surface area contributed by atoms with Crippen LogP contribution in [0.1, 0.15) is 16.8 Å². The number of nitrogens with zero attached hydrogens (tertiary/aromatic N) is 3. The van der Waals surface area contributed by atoms with E-state index < -0.39 is 37.1 Å². The lowest BCUT2D eigenvalue weighted by Gasteiger charge is -2.13. The number of aliphatic hydroxyl groups excluding tert-OH is 3. The van der Waals surface area contributed by atoms with E-state index in [1.165, 1.54) is 13.4 Å². The van der Waals surface area contributed by atoms with E-state index in [0.717, 1.165) is 4.68 Å². The van der Waals surface area contributed by atoms with Gasteiger partial charge in [-0.1, -0.05) is 0 Å². The highest BCUT2D eigenvalue weighted by Crippen LogP contribution is 2.28. The number of methoxy groups -OCH3 is 1. The van der Waals surface area contributed by atoms with Gasteiger partial charge in [-0.25, -0.2) is 14.5 Å². The molecule has 1 fully saturated rings. The Morgan fingerprint density at radius 2 is 2.28 bits per heavy atom. The number of hydrogen-bond acceptors (Lipinski definition) is 8. The molecule has 0 aliphatic carbocycles. The van der Waals surface area contributed by atoms with Crippen molar-refractivity contribution in [1.82, 2.24) is 14.8 Å². The first-order valence-electron chi connectivity index (χ1n) is 5.20. The highest BCUT2D eigenvalue weighted by atomic mass is 16.6. The van der Waals surface area contributed by atoms with E-state index in [2.05, 4.69) is 14.8 Å². The van der Waals surface area contributed by atoms with Crippen LogP contribution >= 0.6 is 0 Å². The summed E-state index contributed by atoms with van der Waals surface area (Å²) in [6.45, 7) is -0.437. The van der Waals surface area contributed by atoms with E-state index in [-0.39, 0.29) is 5.82 Å². The summed E-state index contributed by atoms with van der Waals surface area (Å²) in [5, 5.41) is 32.0. The summed E-state index contributed by atoms with van der Waals surface area (Å²) in [5.74, 6) is -0.907. The van der Waals surface area contributed by atoms with E-state index in [1.807, 2.05) is 0 Å². The van der Waals surface area contributed by atoms with Crippen molar-refractivity contribution < 1.29 is 29.6 Å². The van der Waals surface area contributed by atoms with Crippen molar-refractivity contribution in [2.45, 2.75) is 24.5 Å². The van der Waals surface area contributed by atoms with E-state index in [4.69, 9.17) is 9.84 Å². The van der Waals surface area contributed by atoms with E-state index in [0.29, 0.717) is 0 Å². The van der Waals surface area contributed by atoms with Gasteiger partial charge in [0.25, 0.3) is 5.82 Å². The Balaban J connectivity index is 2.17. The zero-order valence-electron chi connectivity index (χ0n) is 9.50. The van der Waals surface area contributed by atoms with Crippen molar-refractivity contribution in [3.63, 3.8) is 0 Å². The fourth-order valence-corrected chi connectivity index (χ4v) is 1.68. The van der Waals surface area contributed by atoms with Crippen LogP contribution in [-0.4, -0.2) is 68.1 Å². The van der Waals surface area contributed by atoms with Crippen LogP contribution < -0.4 is 0 Å². The third-order valence-corrected chi connectivity index (χ3v) is 2.65. The minimum absolute atomic E-state index is 0.185. The van der Waals surface area contributed by atoms with Gasteiger partial charge in [0.2, 0.25) is 0 Å². The van der Waals surface area contributed by atoms with Crippen LogP contribution in [-0.2, 0) is 9.47 Å². The van der Waals surface area contributed by atoms with Crippen molar-refractivity contribution >= 4 is 5.97 Å². The summed E-state index contributed by atoms with van der Waals surface area (Å²) in [4.78, 5) is 14.8. The normalized spacial score (nSPS) is 31.6. The second-order valence-electron chi connectivity index (χ2n) is 3.77. The number of esters is 1. The quantitative estimate of drug-likeness (QED) is 0.516. The summed E-state index contributed by atoms with van der Waals surface area (Å²) in [6, 6.07) is 0. The van der Waals surface area contributed by atoms with Crippen LogP contribution in [0.4, 0.5) is 0 Å². The third-order valence-electron chi connectivity index (χ3n) is 2.65. The molecule has 0 spiro atoms. The Morgan fingerprint density at radius 3 is 2.83 bits per heavy atom. The molecule has 0 bridgehead atoms. The maximum Gasteiger partial charge on any atom is 0.377 e. The van der Waals surface area contributed by atoms with E-state index in [9.17, 15) is 15.0 Å². The number of hydrogen-bond donors (Lipinski definition) is 3. The van der Waals surface area contributed by atoms with Crippen molar-refractivity contribution in [2.24, 2.45) is 0 Å². The second-order valence-corrected chi connectivity index (χ2v) is 3.77. The molecule has 9 heteroatoms. The molecule has 2 heterocycles. The molecule has 0 saturated carbocycles. The maximum absolute atomic E-state index is 11.2. The van der Waals surface area contributed by atoms with E-state index in [1.54, 1.807) is 0 Å². The molecule has 1 aliphatic rings. The molecule has 0 aromatic carbocycles. The van der Waals surface area contributed by atoms with Gasteiger partial charge in [0, 0.05) is 0 Å². The fourth-order valence-electron chi connectivity index (χ4n) is 1.68. The summed E-state index contributed by atoms with van der Waals surface area (Å²) in [5.41, 5.74) is 0. The maximum atomic E-state index is 11.2. The highest BCUT2D eigenvalue weighted by Gasteiger charge is 2.44. The average Bonchev–Trinajstić information content (AvgIpc) is 2.96. The molecule has 2 rings (SSSR count). The second kappa shape index (κ2) is 4.98. The Kier molecular flexibility index (Phi) is 3.57. The molecule has 3 N–H and O–H groups in total. The zero-order valence-corrected chi connectivity index (χ0v) is 9.50. The number of aromatic nitrogens is 3. The van der Waals surface area contributed by atoms with Crippen LogP contribution in [0.25, 0.3) is 0 Å². The number of carbonyl (C=O) groups is 1. The predicted octanol–water partition coefficient (Wildman–Crippen LogP) is -2.32. The van der Waals surface area contributed by atoms with Gasteiger partial charge in [-0.15, -0.1) is 5.10 Å². The molecule has 4 atom stereocenters. The van der Waals surface area contributed by atoms with Crippen LogP contribution in [0.3, 0.4) is 0 Å². The molecule has 9 nitrogen and oxygen atoms in total. The molecule has 1 aromatic heterocycles. The minimum atomic E-state index is -1.27. The molecule has 18 heavy (non-hydrogen) atoms. The summed E-state index contributed by atoms with van der Waals surface area (Å²) in [7, 11) is 1.19. The van der Waals surface area contributed by atoms with E-state index >= 15 is 0 Å². The fraction of sp³-hybridized carbons (Fsp3) is 0.667. The van der Waals surface area contributed by atoms with Gasteiger partial charge >= 0.3 is 5.97 Å². The first-order valence-corrected chi connectivity index (χ1v) is 5.20. The van der Waals surface area contributed by atoms with Crippen molar-refractivity contribution in [3.05, 3.63) is 12.2 Å². The first-order chi connectivity index (χ1) is 8.58. The molecule has 0 unspecified atom stereocenters. The Morgan fingerprint density at radius 1 is 1.56 bits per heavy atom. The molecular formula is C9H13N3O6. The lowest BCUT2D eigenvalue weighted by atomic mass is 10.1.